The van der Waals surface area contributed by atoms with Crippen molar-refractivity contribution in [3.05, 3.63) is 53.1 Å². The molecule has 23 heavy (non-hydrogen) atoms. The number of anilines is 1. The molecule has 1 atom stereocenters. The third kappa shape index (κ3) is 3.68. The van der Waals surface area contributed by atoms with Crippen LogP contribution in [0.2, 0.25) is 5.02 Å². The summed E-state index contributed by atoms with van der Waals surface area (Å²) in [7, 11) is 0. The van der Waals surface area contributed by atoms with Crippen LogP contribution < -0.4 is 10.1 Å². The van der Waals surface area contributed by atoms with Crippen molar-refractivity contribution in [1.29, 1.82) is 0 Å². The standard InChI is InChI=1S/C17H14ClNO3S/c1-10(23-13-4-2-3-12(18)8-13)17(21)11-5-6-15-14(7-11)19-16(20)9-22-15/h2-8,10H,9H2,1H3,(H,19,20). The Bertz CT molecular complexity index is 778. The monoisotopic (exact) mass is 347 g/mol. The topological polar surface area (TPSA) is 55.4 Å². The van der Waals surface area contributed by atoms with Crippen molar-refractivity contribution in [3.63, 3.8) is 0 Å². The Morgan fingerprint density at radius 2 is 2.13 bits per heavy atom. The lowest BCUT2D eigenvalue weighted by Crippen LogP contribution is -2.25. The quantitative estimate of drug-likeness (QED) is 0.670. The van der Waals surface area contributed by atoms with Gasteiger partial charge in [0.2, 0.25) is 0 Å². The highest BCUT2D eigenvalue weighted by molar-refractivity contribution is 8.00. The zero-order valence-corrected chi connectivity index (χ0v) is 13.9. The van der Waals surface area contributed by atoms with Crippen LogP contribution >= 0.6 is 23.4 Å². The molecule has 0 aliphatic carbocycles. The summed E-state index contributed by atoms with van der Waals surface area (Å²) in [5.74, 6) is 0.345. The summed E-state index contributed by atoms with van der Waals surface area (Å²) in [6.07, 6.45) is 0. The van der Waals surface area contributed by atoms with Gasteiger partial charge in [0, 0.05) is 15.5 Å². The number of benzene rings is 2. The van der Waals surface area contributed by atoms with Gasteiger partial charge in [-0.1, -0.05) is 17.7 Å². The summed E-state index contributed by atoms with van der Waals surface area (Å²) in [5.41, 5.74) is 1.07. The summed E-state index contributed by atoms with van der Waals surface area (Å²) in [6, 6.07) is 12.5. The maximum absolute atomic E-state index is 12.6. The van der Waals surface area contributed by atoms with Crippen molar-refractivity contribution < 1.29 is 14.3 Å². The maximum Gasteiger partial charge on any atom is 0.262 e. The normalized spacial score (nSPS) is 14.4. The molecule has 4 nitrogen and oxygen atoms in total. The fourth-order valence-corrected chi connectivity index (χ4v) is 3.53. The summed E-state index contributed by atoms with van der Waals surface area (Å²) >= 11 is 7.41. The SMILES string of the molecule is CC(Sc1cccc(Cl)c1)C(=O)c1ccc2c(c1)NC(=O)CO2. The van der Waals surface area contributed by atoms with Gasteiger partial charge in [-0.2, -0.15) is 0 Å². The Morgan fingerprint density at radius 1 is 1.30 bits per heavy atom. The lowest BCUT2D eigenvalue weighted by molar-refractivity contribution is -0.118. The molecule has 0 radical (unpaired) electrons. The van der Waals surface area contributed by atoms with Crippen LogP contribution in [-0.4, -0.2) is 23.5 Å². The molecule has 1 heterocycles. The first kappa shape index (κ1) is 15.9. The van der Waals surface area contributed by atoms with Crippen LogP contribution in [0.25, 0.3) is 0 Å². The van der Waals surface area contributed by atoms with Gasteiger partial charge >= 0.3 is 0 Å². The van der Waals surface area contributed by atoms with E-state index in [-0.39, 0.29) is 23.5 Å². The first-order valence-corrected chi connectivity index (χ1v) is 8.32. The van der Waals surface area contributed by atoms with Gasteiger partial charge in [0.25, 0.3) is 5.91 Å². The van der Waals surface area contributed by atoms with Crippen molar-refractivity contribution >= 4 is 40.7 Å². The highest BCUT2D eigenvalue weighted by atomic mass is 35.5. The van der Waals surface area contributed by atoms with Gasteiger partial charge in [-0.05, 0) is 43.3 Å². The second kappa shape index (κ2) is 6.64. The molecule has 0 saturated heterocycles. The number of carbonyl (C=O) groups is 2. The number of Topliss-reactive ketones (excluding diaryl/α,β-unsaturated/α-hetero) is 1. The summed E-state index contributed by atoms with van der Waals surface area (Å²) in [4.78, 5) is 24.9. The lowest BCUT2D eigenvalue weighted by atomic mass is 10.1. The Balaban J connectivity index is 1.77. The number of ether oxygens (including phenoxy) is 1. The average Bonchev–Trinajstić information content (AvgIpc) is 2.53. The number of hydrogen-bond donors (Lipinski definition) is 1. The minimum atomic E-state index is -0.272. The molecule has 0 bridgehead atoms. The average molecular weight is 348 g/mol. The van der Waals surface area contributed by atoms with E-state index in [4.69, 9.17) is 16.3 Å². The molecule has 0 fully saturated rings. The molecule has 2 aromatic carbocycles. The fraction of sp³-hybridized carbons (Fsp3) is 0.176. The van der Waals surface area contributed by atoms with Gasteiger partial charge < -0.3 is 10.1 Å². The second-order valence-electron chi connectivity index (χ2n) is 5.13. The molecule has 1 aliphatic rings. The number of hydrogen-bond acceptors (Lipinski definition) is 4. The highest BCUT2D eigenvalue weighted by Gasteiger charge is 2.21. The van der Waals surface area contributed by atoms with E-state index in [1.165, 1.54) is 11.8 Å². The molecule has 3 rings (SSSR count). The number of ketones is 1. The molecule has 1 aliphatic heterocycles. The lowest BCUT2D eigenvalue weighted by Gasteiger charge is -2.19. The molecule has 1 N–H and O–H groups in total. The Morgan fingerprint density at radius 3 is 2.91 bits per heavy atom. The van der Waals surface area contributed by atoms with E-state index in [1.807, 2.05) is 25.1 Å². The van der Waals surface area contributed by atoms with Crippen molar-refractivity contribution in [1.82, 2.24) is 0 Å². The number of fused-ring (bicyclic) bond motifs is 1. The number of thioether (sulfide) groups is 1. The minimum Gasteiger partial charge on any atom is -0.482 e. The van der Waals surface area contributed by atoms with Crippen LogP contribution in [0.3, 0.4) is 0 Å². The van der Waals surface area contributed by atoms with E-state index < -0.39 is 0 Å². The minimum absolute atomic E-state index is 0.00130. The third-order valence-electron chi connectivity index (χ3n) is 3.38. The molecule has 0 saturated carbocycles. The van der Waals surface area contributed by atoms with Crippen molar-refractivity contribution in [3.8, 4) is 5.75 Å². The van der Waals surface area contributed by atoms with Gasteiger partial charge in [0.1, 0.15) is 5.75 Å². The van der Waals surface area contributed by atoms with Gasteiger partial charge in [0.15, 0.2) is 12.4 Å². The molecular formula is C17H14ClNO3S. The van der Waals surface area contributed by atoms with E-state index >= 15 is 0 Å². The zero-order valence-electron chi connectivity index (χ0n) is 12.3. The van der Waals surface area contributed by atoms with Crippen LogP contribution in [0.5, 0.6) is 5.75 Å². The second-order valence-corrected chi connectivity index (χ2v) is 6.98. The predicted molar refractivity (Wildman–Crippen MR) is 91.7 cm³/mol. The van der Waals surface area contributed by atoms with Crippen molar-refractivity contribution in [2.24, 2.45) is 0 Å². The zero-order chi connectivity index (χ0) is 16.4. The smallest absolute Gasteiger partial charge is 0.262 e. The molecule has 1 amide bonds. The van der Waals surface area contributed by atoms with Gasteiger partial charge in [-0.25, -0.2) is 0 Å². The molecule has 2 aromatic rings. The molecule has 0 spiro atoms. The molecular weight excluding hydrogens is 334 g/mol. The molecule has 6 heteroatoms. The number of amides is 1. The first-order valence-electron chi connectivity index (χ1n) is 7.06. The number of carbonyl (C=O) groups excluding carboxylic acids is 2. The Hall–Kier alpha value is -1.98. The van der Waals surface area contributed by atoms with Gasteiger partial charge in [0.05, 0.1) is 10.9 Å². The van der Waals surface area contributed by atoms with Gasteiger partial charge in [-0.3, -0.25) is 9.59 Å². The summed E-state index contributed by atoms with van der Waals surface area (Å²) in [5, 5.41) is 3.08. The highest BCUT2D eigenvalue weighted by Crippen LogP contribution is 2.31. The van der Waals surface area contributed by atoms with E-state index in [9.17, 15) is 9.59 Å². The third-order valence-corrected chi connectivity index (χ3v) is 4.70. The molecule has 1 unspecified atom stereocenters. The van der Waals surface area contributed by atoms with E-state index in [0.29, 0.717) is 22.0 Å². The maximum atomic E-state index is 12.6. The van der Waals surface area contributed by atoms with E-state index in [2.05, 4.69) is 5.32 Å². The molecule has 0 aromatic heterocycles. The summed E-state index contributed by atoms with van der Waals surface area (Å²) < 4.78 is 5.30. The van der Waals surface area contributed by atoms with Gasteiger partial charge in [-0.15, -0.1) is 11.8 Å². The first-order chi connectivity index (χ1) is 11.0. The van der Waals surface area contributed by atoms with Crippen LogP contribution in [0.1, 0.15) is 17.3 Å². The van der Waals surface area contributed by atoms with Crippen LogP contribution in [0.4, 0.5) is 5.69 Å². The van der Waals surface area contributed by atoms with Crippen molar-refractivity contribution in [2.45, 2.75) is 17.1 Å². The fourth-order valence-electron chi connectivity index (χ4n) is 2.27. The van der Waals surface area contributed by atoms with E-state index in [1.54, 1.807) is 24.3 Å². The van der Waals surface area contributed by atoms with E-state index in [0.717, 1.165) is 4.90 Å². The van der Waals surface area contributed by atoms with Crippen LogP contribution in [-0.2, 0) is 4.79 Å². The summed E-state index contributed by atoms with van der Waals surface area (Å²) in [6.45, 7) is 1.85. The van der Waals surface area contributed by atoms with Crippen molar-refractivity contribution in [2.75, 3.05) is 11.9 Å². The number of nitrogens with one attached hydrogen (secondary N) is 1. The Kier molecular flexibility index (Phi) is 4.59. The largest absolute Gasteiger partial charge is 0.482 e. The van der Waals surface area contributed by atoms with Crippen LogP contribution in [0, 0.1) is 0 Å². The predicted octanol–water partition coefficient (Wildman–Crippen LogP) is 4.03. The van der Waals surface area contributed by atoms with Crippen LogP contribution in [0.15, 0.2) is 47.4 Å². The number of rotatable bonds is 4. The Labute approximate surface area is 143 Å². The number of halogens is 1. The molecule has 118 valence electrons.